The first-order valence-corrected chi connectivity index (χ1v) is 11.4. The van der Waals surface area contributed by atoms with Gasteiger partial charge in [-0.15, -0.1) is 11.3 Å². The highest BCUT2D eigenvalue weighted by atomic mass is 32.2. The second-order valence-corrected chi connectivity index (χ2v) is 10.0. The third-order valence-corrected chi connectivity index (χ3v) is 7.38. The first-order valence-electron chi connectivity index (χ1n) is 9.01. The van der Waals surface area contributed by atoms with Gasteiger partial charge < -0.3 is 0 Å². The molecule has 146 valence electrons. The first kappa shape index (κ1) is 20.2. The topological polar surface area (TPSA) is 76.1 Å². The molecule has 0 saturated heterocycles. The Morgan fingerprint density at radius 3 is 2.29 bits per heavy atom. The minimum absolute atomic E-state index is 0.214. The van der Waals surface area contributed by atoms with Crippen LogP contribution in [0.1, 0.15) is 36.7 Å². The van der Waals surface area contributed by atoms with E-state index in [1.807, 2.05) is 17.5 Å². The molecule has 0 aliphatic rings. The first-order chi connectivity index (χ1) is 13.3. The molecule has 0 unspecified atom stereocenters. The molecule has 0 atom stereocenters. The van der Waals surface area contributed by atoms with Crippen LogP contribution >= 0.6 is 11.3 Å². The number of aryl methyl sites for hydroxylation is 1. The van der Waals surface area contributed by atoms with E-state index in [4.69, 9.17) is 0 Å². The Hall–Kier alpha value is -2.51. The monoisotopic (exact) mass is 414 g/mol. The molecule has 0 aliphatic heterocycles. The van der Waals surface area contributed by atoms with Crippen molar-refractivity contribution in [2.75, 3.05) is 5.32 Å². The van der Waals surface area contributed by atoms with E-state index in [0.717, 1.165) is 17.7 Å². The number of carbonyl (C=O) groups is 1. The summed E-state index contributed by atoms with van der Waals surface area (Å²) in [5, 5.41) is 4.66. The lowest BCUT2D eigenvalue weighted by molar-refractivity contribution is 0.102. The average molecular weight is 415 g/mol. The summed E-state index contributed by atoms with van der Waals surface area (Å²) in [5.41, 5.74) is 3.45. The Bertz CT molecular complexity index is 1070. The van der Waals surface area contributed by atoms with E-state index < -0.39 is 15.1 Å². The maximum atomic E-state index is 12.4. The fraction of sp³-hybridized carbons (Fsp3) is 0.238. The SMILES string of the molecule is CCc1ccc(-c2csc(NC(=O)c3ccc(S(=O)(=O)C(C)C)cc3)n2)cc1. The van der Waals surface area contributed by atoms with Crippen molar-refractivity contribution in [2.24, 2.45) is 0 Å². The smallest absolute Gasteiger partial charge is 0.257 e. The third-order valence-electron chi connectivity index (χ3n) is 4.45. The maximum Gasteiger partial charge on any atom is 0.257 e. The fourth-order valence-electron chi connectivity index (χ4n) is 2.61. The largest absolute Gasteiger partial charge is 0.298 e. The Balaban J connectivity index is 1.72. The van der Waals surface area contributed by atoms with Gasteiger partial charge in [0.25, 0.3) is 5.91 Å². The summed E-state index contributed by atoms with van der Waals surface area (Å²) in [5.74, 6) is -0.323. The molecule has 5 nitrogen and oxygen atoms in total. The van der Waals surface area contributed by atoms with Crippen LogP contribution in [0, 0.1) is 0 Å². The number of thiazole rings is 1. The summed E-state index contributed by atoms with van der Waals surface area (Å²) >= 11 is 1.35. The summed E-state index contributed by atoms with van der Waals surface area (Å²) in [7, 11) is -3.35. The number of carbonyl (C=O) groups excluding carboxylic acids is 1. The molecule has 28 heavy (non-hydrogen) atoms. The van der Waals surface area contributed by atoms with Crippen LogP contribution in [0.3, 0.4) is 0 Å². The van der Waals surface area contributed by atoms with Gasteiger partial charge in [0.05, 0.1) is 15.8 Å². The van der Waals surface area contributed by atoms with E-state index in [-0.39, 0.29) is 10.8 Å². The van der Waals surface area contributed by atoms with E-state index in [9.17, 15) is 13.2 Å². The summed E-state index contributed by atoms with van der Waals surface area (Å²) in [6.07, 6.45) is 0.982. The number of nitrogens with one attached hydrogen (secondary N) is 1. The number of aromatic nitrogens is 1. The number of hydrogen-bond donors (Lipinski definition) is 1. The van der Waals surface area contributed by atoms with Crippen molar-refractivity contribution < 1.29 is 13.2 Å². The van der Waals surface area contributed by atoms with Crippen molar-refractivity contribution in [1.29, 1.82) is 0 Å². The van der Waals surface area contributed by atoms with Gasteiger partial charge in [-0.1, -0.05) is 31.2 Å². The van der Waals surface area contributed by atoms with Crippen LogP contribution in [0.25, 0.3) is 11.3 Å². The molecular formula is C21H22N2O3S2. The Morgan fingerprint density at radius 2 is 1.71 bits per heavy atom. The van der Waals surface area contributed by atoms with Gasteiger partial charge in [0.15, 0.2) is 15.0 Å². The van der Waals surface area contributed by atoms with Crippen molar-refractivity contribution in [1.82, 2.24) is 4.98 Å². The van der Waals surface area contributed by atoms with E-state index in [1.54, 1.807) is 13.8 Å². The minimum Gasteiger partial charge on any atom is -0.298 e. The van der Waals surface area contributed by atoms with E-state index in [0.29, 0.717) is 10.7 Å². The average Bonchev–Trinajstić information content (AvgIpc) is 3.16. The van der Waals surface area contributed by atoms with E-state index >= 15 is 0 Å². The van der Waals surface area contributed by atoms with Crippen LogP contribution < -0.4 is 5.32 Å². The second kappa shape index (κ2) is 8.24. The zero-order chi connectivity index (χ0) is 20.3. The molecule has 0 fully saturated rings. The predicted molar refractivity (Wildman–Crippen MR) is 114 cm³/mol. The number of anilines is 1. The summed E-state index contributed by atoms with van der Waals surface area (Å²) < 4.78 is 24.3. The van der Waals surface area contributed by atoms with Crippen molar-refractivity contribution in [3.05, 3.63) is 65.0 Å². The maximum absolute atomic E-state index is 12.4. The Labute approximate surface area is 169 Å². The standard InChI is InChI=1S/C21H22N2O3S2/c1-4-15-5-7-16(8-6-15)19-13-27-21(22-19)23-20(24)17-9-11-18(12-10-17)28(25,26)14(2)3/h5-14H,4H2,1-3H3,(H,22,23,24). The lowest BCUT2D eigenvalue weighted by Crippen LogP contribution is -2.15. The van der Waals surface area contributed by atoms with Crippen LogP contribution in [0.15, 0.2) is 58.8 Å². The second-order valence-electron chi connectivity index (χ2n) is 6.66. The number of sulfone groups is 1. The number of hydrogen-bond acceptors (Lipinski definition) is 5. The molecule has 2 aromatic carbocycles. The van der Waals surface area contributed by atoms with Gasteiger partial charge in [-0.25, -0.2) is 13.4 Å². The van der Waals surface area contributed by atoms with Crippen molar-refractivity contribution >= 4 is 32.2 Å². The van der Waals surface area contributed by atoms with Crippen molar-refractivity contribution in [3.8, 4) is 11.3 Å². The van der Waals surface area contributed by atoms with Crippen molar-refractivity contribution in [3.63, 3.8) is 0 Å². The van der Waals surface area contributed by atoms with Gasteiger partial charge in [-0.05, 0) is 50.1 Å². The molecule has 1 amide bonds. The molecule has 1 heterocycles. The molecule has 7 heteroatoms. The van der Waals surface area contributed by atoms with E-state index in [1.165, 1.54) is 41.2 Å². The van der Waals surface area contributed by atoms with Crippen molar-refractivity contribution in [2.45, 2.75) is 37.3 Å². The molecule has 0 aliphatic carbocycles. The Morgan fingerprint density at radius 1 is 1.07 bits per heavy atom. The molecular weight excluding hydrogens is 392 g/mol. The molecule has 0 saturated carbocycles. The highest BCUT2D eigenvalue weighted by Crippen LogP contribution is 2.26. The number of benzene rings is 2. The third kappa shape index (κ3) is 4.31. The molecule has 1 aromatic heterocycles. The van der Waals surface area contributed by atoms with Crippen LogP contribution in [-0.2, 0) is 16.3 Å². The van der Waals surface area contributed by atoms with Gasteiger partial charge in [0, 0.05) is 16.5 Å². The number of nitrogens with zero attached hydrogens (tertiary/aromatic N) is 1. The predicted octanol–water partition coefficient (Wildman–Crippen LogP) is 4.81. The lowest BCUT2D eigenvalue weighted by Gasteiger charge is -2.08. The highest BCUT2D eigenvalue weighted by Gasteiger charge is 2.19. The molecule has 0 radical (unpaired) electrons. The zero-order valence-electron chi connectivity index (χ0n) is 16.0. The zero-order valence-corrected chi connectivity index (χ0v) is 17.6. The summed E-state index contributed by atoms with van der Waals surface area (Å²) in [4.78, 5) is 17.1. The van der Waals surface area contributed by atoms with Crippen LogP contribution in [0.5, 0.6) is 0 Å². The molecule has 0 spiro atoms. The van der Waals surface area contributed by atoms with Crippen LogP contribution in [-0.4, -0.2) is 24.6 Å². The van der Waals surface area contributed by atoms with Crippen LogP contribution in [0.2, 0.25) is 0 Å². The van der Waals surface area contributed by atoms with Gasteiger partial charge in [0.2, 0.25) is 0 Å². The highest BCUT2D eigenvalue weighted by molar-refractivity contribution is 7.92. The molecule has 0 bridgehead atoms. The Kier molecular flexibility index (Phi) is 5.96. The van der Waals surface area contributed by atoms with Crippen LogP contribution in [0.4, 0.5) is 5.13 Å². The molecule has 3 aromatic rings. The summed E-state index contributed by atoms with van der Waals surface area (Å²) in [6.45, 7) is 5.37. The minimum atomic E-state index is -3.35. The normalized spacial score (nSPS) is 11.6. The summed E-state index contributed by atoms with van der Waals surface area (Å²) in [6, 6.07) is 14.1. The van der Waals surface area contributed by atoms with E-state index in [2.05, 4.69) is 29.4 Å². The molecule has 1 N–H and O–H groups in total. The molecule has 3 rings (SSSR count). The van der Waals surface area contributed by atoms with Gasteiger partial charge >= 0.3 is 0 Å². The quantitative estimate of drug-likeness (QED) is 0.628. The number of amides is 1. The van der Waals surface area contributed by atoms with Gasteiger partial charge in [-0.2, -0.15) is 0 Å². The fourth-order valence-corrected chi connectivity index (χ4v) is 4.39. The van der Waals surface area contributed by atoms with Gasteiger partial charge in [0.1, 0.15) is 0 Å². The van der Waals surface area contributed by atoms with Gasteiger partial charge in [-0.3, -0.25) is 10.1 Å². The lowest BCUT2D eigenvalue weighted by atomic mass is 10.1. The number of rotatable bonds is 6.